The van der Waals surface area contributed by atoms with Gasteiger partial charge < -0.3 is 4.74 Å². The maximum Gasteiger partial charge on any atom is 0.142 e. The van der Waals surface area contributed by atoms with Gasteiger partial charge in [0.25, 0.3) is 0 Å². The van der Waals surface area contributed by atoms with Gasteiger partial charge in [-0.15, -0.1) is 10.2 Å². The van der Waals surface area contributed by atoms with Crippen molar-refractivity contribution >= 4 is 0 Å². The highest BCUT2D eigenvalue weighted by molar-refractivity contribution is 5.65. The van der Waals surface area contributed by atoms with E-state index in [1.807, 2.05) is 30.7 Å². The molecule has 0 fully saturated rings. The Labute approximate surface area is 129 Å². The molecule has 0 amide bonds. The third-order valence-electron chi connectivity index (χ3n) is 3.76. The molecule has 0 saturated carbocycles. The van der Waals surface area contributed by atoms with Gasteiger partial charge in [0.1, 0.15) is 18.5 Å². The highest BCUT2D eigenvalue weighted by Crippen LogP contribution is 2.25. The molecule has 2 aromatic heterocycles. The summed E-state index contributed by atoms with van der Waals surface area (Å²) in [6.07, 6.45) is 5.25. The van der Waals surface area contributed by atoms with E-state index in [0.29, 0.717) is 0 Å². The monoisotopic (exact) mass is 294 g/mol. The van der Waals surface area contributed by atoms with Crippen LogP contribution in [0.4, 0.5) is 0 Å². The molecule has 0 aliphatic carbocycles. The van der Waals surface area contributed by atoms with E-state index < -0.39 is 0 Å². The lowest BCUT2D eigenvalue weighted by Crippen LogP contribution is -1.99. The Kier molecular flexibility index (Phi) is 3.98. The third kappa shape index (κ3) is 2.76. The Morgan fingerprint density at radius 2 is 1.86 bits per heavy atom. The van der Waals surface area contributed by atoms with Crippen molar-refractivity contribution in [2.45, 2.75) is 20.0 Å². The second-order valence-electron chi connectivity index (χ2n) is 5.24. The Morgan fingerprint density at radius 1 is 1.09 bits per heavy atom. The summed E-state index contributed by atoms with van der Waals surface area (Å²) >= 11 is 0. The lowest BCUT2D eigenvalue weighted by molar-refractivity contribution is 0.119. The molecule has 0 unspecified atom stereocenters. The number of rotatable bonds is 4. The Balaban J connectivity index is 1.98. The second-order valence-corrected chi connectivity index (χ2v) is 5.24. The third-order valence-corrected chi connectivity index (χ3v) is 3.76. The molecule has 1 atom stereocenters. The van der Waals surface area contributed by atoms with Gasteiger partial charge in [-0.1, -0.05) is 18.2 Å². The van der Waals surface area contributed by atoms with Crippen molar-refractivity contribution in [1.29, 1.82) is 0 Å². The van der Waals surface area contributed by atoms with Crippen molar-refractivity contribution in [3.8, 4) is 16.9 Å². The summed E-state index contributed by atoms with van der Waals surface area (Å²) in [5.41, 5.74) is 4.44. The van der Waals surface area contributed by atoms with Crippen LogP contribution in [0.3, 0.4) is 0 Å². The highest BCUT2D eigenvalue weighted by Gasteiger charge is 2.08. The first-order chi connectivity index (χ1) is 10.7. The molecule has 3 aromatic rings. The van der Waals surface area contributed by atoms with Crippen LogP contribution in [0.15, 0.2) is 49.2 Å². The minimum Gasteiger partial charge on any atom is -0.377 e. The first kappa shape index (κ1) is 14.4. The Hall–Kier alpha value is -2.53. The maximum atomic E-state index is 5.39. The standard InChI is InChI=1S/C17H18N4O/c1-12-7-16(9-18-17(12)21-10-19-20-11-21)15-6-4-5-14(8-15)13(2)22-3/h4-11,13H,1-3H3/t13-/m1/s1. The normalized spacial score (nSPS) is 12.3. The second kappa shape index (κ2) is 6.07. The summed E-state index contributed by atoms with van der Waals surface area (Å²) in [5.74, 6) is 0.843. The van der Waals surface area contributed by atoms with Gasteiger partial charge in [0.2, 0.25) is 0 Å². The van der Waals surface area contributed by atoms with Crippen molar-refractivity contribution in [2.75, 3.05) is 7.11 Å². The van der Waals surface area contributed by atoms with Crippen LogP contribution in [-0.4, -0.2) is 26.9 Å². The number of ether oxygens (including phenoxy) is 1. The van der Waals surface area contributed by atoms with Crippen molar-refractivity contribution in [2.24, 2.45) is 0 Å². The summed E-state index contributed by atoms with van der Waals surface area (Å²) in [7, 11) is 1.72. The predicted molar refractivity (Wildman–Crippen MR) is 84.8 cm³/mol. The average molecular weight is 294 g/mol. The van der Waals surface area contributed by atoms with E-state index in [4.69, 9.17) is 4.74 Å². The molecule has 22 heavy (non-hydrogen) atoms. The lowest BCUT2D eigenvalue weighted by Gasteiger charge is -2.12. The summed E-state index contributed by atoms with van der Waals surface area (Å²) in [6.45, 7) is 4.07. The number of hydrogen-bond donors (Lipinski definition) is 0. The van der Waals surface area contributed by atoms with Crippen LogP contribution >= 0.6 is 0 Å². The number of aromatic nitrogens is 4. The fraction of sp³-hybridized carbons (Fsp3) is 0.235. The minimum atomic E-state index is 0.0744. The van der Waals surface area contributed by atoms with Crippen LogP contribution in [0.25, 0.3) is 16.9 Å². The van der Waals surface area contributed by atoms with Crippen LogP contribution in [-0.2, 0) is 4.74 Å². The molecule has 0 bridgehead atoms. The molecule has 0 spiro atoms. The molecule has 0 saturated heterocycles. The largest absolute Gasteiger partial charge is 0.377 e. The number of nitrogens with zero attached hydrogens (tertiary/aromatic N) is 4. The van der Waals surface area contributed by atoms with E-state index >= 15 is 0 Å². The molecule has 5 heteroatoms. The first-order valence-electron chi connectivity index (χ1n) is 7.14. The van der Waals surface area contributed by atoms with Crippen LogP contribution < -0.4 is 0 Å². The summed E-state index contributed by atoms with van der Waals surface area (Å²) in [5, 5.41) is 7.64. The highest BCUT2D eigenvalue weighted by atomic mass is 16.5. The van der Waals surface area contributed by atoms with Crippen molar-refractivity contribution in [1.82, 2.24) is 19.7 Å². The van der Waals surface area contributed by atoms with Crippen LogP contribution in [0.2, 0.25) is 0 Å². The zero-order valence-corrected chi connectivity index (χ0v) is 12.9. The molecular formula is C17H18N4O. The molecular weight excluding hydrogens is 276 g/mol. The van der Waals surface area contributed by atoms with E-state index in [0.717, 1.165) is 28.1 Å². The lowest BCUT2D eigenvalue weighted by atomic mass is 10.0. The van der Waals surface area contributed by atoms with E-state index in [1.165, 1.54) is 0 Å². The van der Waals surface area contributed by atoms with Gasteiger partial charge in [0.15, 0.2) is 0 Å². The van der Waals surface area contributed by atoms with Crippen molar-refractivity contribution < 1.29 is 4.74 Å². The van der Waals surface area contributed by atoms with Crippen LogP contribution in [0.1, 0.15) is 24.2 Å². The Morgan fingerprint density at radius 3 is 2.55 bits per heavy atom. The molecule has 0 aliphatic heterocycles. The van der Waals surface area contributed by atoms with Gasteiger partial charge >= 0.3 is 0 Å². The summed E-state index contributed by atoms with van der Waals surface area (Å²) < 4.78 is 7.19. The number of benzene rings is 1. The van der Waals surface area contributed by atoms with Gasteiger partial charge in [0.05, 0.1) is 6.10 Å². The number of pyridine rings is 1. The quantitative estimate of drug-likeness (QED) is 0.740. The number of hydrogen-bond acceptors (Lipinski definition) is 4. The smallest absolute Gasteiger partial charge is 0.142 e. The van der Waals surface area contributed by atoms with Gasteiger partial charge in [-0.25, -0.2) is 4.98 Å². The molecule has 0 N–H and O–H groups in total. The summed E-state index contributed by atoms with van der Waals surface area (Å²) in [6, 6.07) is 10.5. The molecule has 0 aliphatic rings. The summed E-state index contributed by atoms with van der Waals surface area (Å²) in [4.78, 5) is 4.54. The minimum absolute atomic E-state index is 0.0744. The van der Waals surface area contributed by atoms with Crippen LogP contribution in [0, 0.1) is 6.92 Å². The van der Waals surface area contributed by atoms with E-state index in [1.54, 1.807) is 19.8 Å². The van der Waals surface area contributed by atoms with E-state index in [2.05, 4.69) is 39.4 Å². The van der Waals surface area contributed by atoms with Crippen molar-refractivity contribution in [3.05, 3.63) is 60.3 Å². The van der Waals surface area contributed by atoms with Gasteiger partial charge in [-0.05, 0) is 42.7 Å². The van der Waals surface area contributed by atoms with Gasteiger partial charge in [-0.3, -0.25) is 4.57 Å². The SMILES string of the molecule is CO[C@H](C)c1cccc(-c2cnc(-n3cnnc3)c(C)c2)c1. The van der Waals surface area contributed by atoms with Gasteiger partial charge in [-0.2, -0.15) is 0 Å². The molecule has 3 rings (SSSR count). The zero-order chi connectivity index (χ0) is 15.5. The maximum absolute atomic E-state index is 5.39. The topological polar surface area (TPSA) is 52.8 Å². The predicted octanol–water partition coefficient (Wildman–Crippen LogP) is 3.35. The molecule has 112 valence electrons. The average Bonchev–Trinajstić information content (AvgIpc) is 3.08. The van der Waals surface area contributed by atoms with Crippen LogP contribution in [0.5, 0.6) is 0 Å². The van der Waals surface area contributed by atoms with Gasteiger partial charge in [0, 0.05) is 18.9 Å². The number of methoxy groups -OCH3 is 1. The number of aryl methyl sites for hydroxylation is 1. The molecule has 1 aromatic carbocycles. The fourth-order valence-corrected chi connectivity index (χ4v) is 2.41. The van der Waals surface area contributed by atoms with Crippen molar-refractivity contribution in [3.63, 3.8) is 0 Å². The fourth-order valence-electron chi connectivity index (χ4n) is 2.41. The van der Waals surface area contributed by atoms with E-state index in [-0.39, 0.29) is 6.10 Å². The Bertz CT molecular complexity index is 768. The molecule has 0 radical (unpaired) electrons. The zero-order valence-electron chi connectivity index (χ0n) is 12.9. The molecule has 5 nitrogen and oxygen atoms in total. The molecule has 2 heterocycles. The van der Waals surface area contributed by atoms with E-state index in [9.17, 15) is 0 Å². The first-order valence-corrected chi connectivity index (χ1v) is 7.14.